The van der Waals surface area contributed by atoms with E-state index >= 15 is 0 Å². The largest absolute Gasteiger partial charge is 0.478 e. The van der Waals surface area contributed by atoms with E-state index in [1.807, 2.05) is 0 Å². The molecule has 0 saturated carbocycles. The summed E-state index contributed by atoms with van der Waals surface area (Å²) < 4.78 is 27.7. The third-order valence-electron chi connectivity index (χ3n) is 8.18. The maximum atomic E-state index is 12.6. The van der Waals surface area contributed by atoms with Crippen molar-refractivity contribution in [2.75, 3.05) is 52.4 Å². The van der Waals surface area contributed by atoms with E-state index in [9.17, 15) is 18.0 Å². The summed E-state index contributed by atoms with van der Waals surface area (Å²) in [7, 11) is -4.25. The second-order valence-corrected chi connectivity index (χ2v) is 11.2. The number of quaternary nitrogens is 2. The summed E-state index contributed by atoms with van der Waals surface area (Å²) in [4.78, 5) is 21.4. The average Bonchev–Trinajstić information content (AvgIpc) is 2.97. The zero-order valence-electron chi connectivity index (χ0n) is 25.1. The van der Waals surface area contributed by atoms with Gasteiger partial charge in [-0.15, -0.1) is 0 Å². The third-order valence-corrected chi connectivity index (χ3v) is 10.1. The van der Waals surface area contributed by atoms with Crippen LogP contribution in [0.1, 0.15) is 76.1 Å². The van der Waals surface area contributed by atoms with Gasteiger partial charge in [0, 0.05) is 0 Å². The maximum Gasteiger partial charge on any atom is 0.337 e. The number of carboxylic acid groups (broad SMARTS) is 2. The molecule has 2 aromatic carbocycles. The highest BCUT2D eigenvalue weighted by Gasteiger charge is 2.28. The lowest BCUT2D eigenvalue weighted by Gasteiger charge is -2.34. The number of nitrogens with zero attached hydrogens (tertiary/aromatic N) is 2. The number of hydrogen-bond acceptors (Lipinski definition) is 4. The van der Waals surface area contributed by atoms with Gasteiger partial charge < -0.3 is 19.2 Å². The third kappa shape index (κ3) is 9.74. The molecule has 0 fully saturated rings. The van der Waals surface area contributed by atoms with Crippen molar-refractivity contribution in [2.24, 2.45) is 0 Å². The van der Waals surface area contributed by atoms with Crippen LogP contribution in [0.25, 0.3) is 0 Å². The van der Waals surface area contributed by atoms with Gasteiger partial charge in [-0.25, -0.2) is 18.0 Å². The standard InChI is InChI=1S/C14H10O6S.2C8H20N/c15-13(16)9-5-1-3-7-11(9)21(19,20)12-8-4-2-6-10(12)14(17)18;2*1-5-9(6-2,7-3)8-4/h1-8H,(H,15,16)(H,17,18);2*5-8H2,1-4H3/q;2*+1. The molecule has 0 spiro atoms. The molecule has 0 heterocycles. The predicted molar refractivity (Wildman–Crippen MR) is 157 cm³/mol. The summed E-state index contributed by atoms with van der Waals surface area (Å²) in [5.74, 6) is -2.80. The quantitative estimate of drug-likeness (QED) is 0.320. The van der Waals surface area contributed by atoms with Crippen LogP contribution in [0, 0.1) is 0 Å². The number of carboxylic acids is 2. The molecule has 2 N–H and O–H groups in total. The van der Waals surface area contributed by atoms with Gasteiger partial charge in [-0.2, -0.15) is 0 Å². The van der Waals surface area contributed by atoms with Crippen LogP contribution in [-0.4, -0.2) is 91.9 Å². The van der Waals surface area contributed by atoms with Crippen LogP contribution in [0.3, 0.4) is 0 Å². The Kier molecular flexibility index (Phi) is 15.8. The molecule has 0 radical (unpaired) electrons. The van der Waals surface area contributed by atoms with E-state index in [0.29, 0.717) is 0 Å². The second kappa shape index (κ2) is 17.0. The highest BCUT2D eigenvalue weighted by Crippen LogP contribution is 2.26. The Labute approximate surface area is 236 Å². The number of carbonyl (C=O) groups is 2. The van der Waals surface area contributed by atoms with Crippen molar-refractivity contribution in [3.63, 3.8) is 0 Å². The topological polar surface area (TPSA) is 109 Å². The lowest BCUT2D eigenvalue weighted by molar-refractivity contribution is -0.921. The van der Waals surface area contributed by atoms with Crippen molar-refractivity contribution < 1.29 is 37.2 Å². The average molecular weight is 567 g/mol. The molecule has 8 nitrogen and oxygen atoms in total. The van der Waals surface area contributed by atoms with Gasteiger partial charge in [-0.1, -0.05) is 24.3 Å². The molecule has 0 atom stereocenters. The molecule has 2 aromatic rings. The molecule has 39 heavy (non-hydrogen) atoms. The fourth-order valence-electron chi connectivity index (χ4n) is 4.56. The van der Waals surface area contributed by atoms with Crippen LogP contribution < -0.4 is 0 Å². The maximum absolute atomic E-state index is 12.6. The number of hydrogen-bond donors (Lipinski definition) is 2. The van der Waals surface area contributed by atoms with E-state index in [0.717, 1.165) is 24.3 Å². The fraction of sp³-hybridized carbons (Fsp3) is 0.533. The van der Waals surface area contributed by atoms with Gasteiger partial charge in [0.15, 0.2) is 0 Å². The van der Waals surface area contributed by atoms with Gasteiger partial charge in [0.1, 0.15) is 0 Å². The van der Waals surface area contributed by atoms with Crippen molar-refractivity contribution in [1.29, 1.82) is 0 Å². The summed E-state index contributed by atoms with van der Waals surface area (Å²) in [6.45, 7) is 28.4. The van der Waals surface area contributed by atoms with E-state index in [2.05, 4.69) is 55.4 Å². The molecular weight excluding hydrogens is 516 g/mol. The van der Waals surface area contributed by atoms with Crippen LogP contribution in [0.15, 0.2) is 58.3 Å². The summed E-state index contributed by atoms with van der Waals surface area (Å²) in [6, 6.07) is 10.1. The molecule has 0 aromatic heterocycles. The first-order chi connectivity index (χ1) is 18.3. The van der Waals surface area contributed by atoms with Crippen LogP contribution in [0.2, 0.25) is 0 Å². The fourth-order valence-corrected chi connectivity index (χ4v) is 6.20. The first kappa shape index (κ1) is 36.2. The SMILES string of the molecule is CC[N+](CC)(CC)CC.CC[N+](CC)(CC)CC.O=C(O)c1ccccc1S(=O)(=O)c1ccccc1C(=O)O. The van der Waals surface area contributed by atoms with Crippen LogP contribution >= 0.6 is 0 Å². The van der Waals surface area contributed by atoms with Gasteiger partial charge in [0.25, 0.3) is 0 Å². The second-order valence-electron chi connectivity index (χ2n) is 9.32. The Morgan fingerprint density at radius 1 is 0.538 bits per heavy atom. The van der Waals surface area contributed by atoms with Gasteiger partial charge in [0.05, 0.1) is 73.3 Å². The number of rotatable bonds is 12. The Bertz CT molecular complexity index is 1020. The Hall–Kier alpha value is -2.75. The number of aromatic carboxylic acids is 2. The van der Waals surface area contributed by atoms with Crippen molar-refractivity contribution in [3.05, 3.63) is 59.7 Å². The van der Waals surface area contributed by atoms with E-state index in [4.69, 9.17) is 10.2 Å². The molecule has 0 unspecified atom stereocenters. The minimum Gasteiger partial charge on any atom is -0.478 e. The zero-order valence-corrected chi connectivity index (χ0v) is 25.9. The minimum absolute atomic E-state index is 0.405. The molecule has 0 aliphatic carbocycles. The van der Waals surface area contributed by atoms with Crippen molar-refractivity contribution >= 4 is 21.8 Å². The summed E-state index contributed by atoms with van der Waals surface area (Å²) >= 11 is 0. The monoisotopic (exact) mass is 566 g/mol. The minimum atomic E-state index is -4.25. The molecule has 0 saturated heterocycles. The van der Waals surface area contributed by atoms with Gasteiger partial charge in [0.2, 0.25) is 9.84 Å². The van der Waals surface area contributed by atoms with Crippen molar-refractivity contribution in [2.45, 2.75) is 65.2 Å². The first-order valence-corrected chi connectivity index (χ1v) is 15.4. The van der Waals surface area contributed by atoms with Crippen molar-refractivity contribution in [1.82, 2.24) is 0 Å². The number of benzene rings is 2. The lowest BCUT2D eigenvalue weighted by Crippen LogP contribution is -2.47. The molecule has 2 rings (SSSR count). The Balaban J connectivity index is 0.000000667. The van der Waals surface area contributed by atoms with E-state index in [1.54, 1.807) is 0 Å². The van der Waals surface area contributed by atoms with Gasteiger partial charge >= 0.3 is 11.9 Å². The predicted octanol–water partition coefficient (Wildman–Crippen LogP) is 5.68. The molecular formula is C30H50N2O6S+2. The van der Waals surface area contributed by atoms with Gasteiger partial charge in [-0.05, 0) is 79.7 Å². The van der Waals surface area contributed by atoms with E-state index in [-0.39, 0.29) is 0 Å². The van der Waals surface area contributed by atoms with E-state index < -0.39 is 42.7 Å². The zero-order chi connectivity index (χ0) is 30.3. The van der Waals surface area contributed by atoms with Gasteiger partial charge in [-0.3, -0.25) is 0 Å². The van der Waals surface area contributed by atoms with Crippen LogP contribution in [0.5, 0.6) is 0 Å². The number of sulfone groups is 1. The molecule has 0 aliphatic heterocycles. The highest BCUT2D eigenvalue weighted by atomic mass is 32.2. The Morgan fingerprint density at radius 3 is 0.949 bits per heavy atom. The summed E-state index contributed by atoms with van der Waals surface area (Å²) in [6.07, 6.45) is 0. The first-order valence-electron chi connectivity index (χ1n) is 13.9. The summed E-state index contributed by atoms with van der Waals surface area (Å²) in [5, 5.41) is 18.1. The molecule has 0 aliphatic rings. The highest BCUT2D eigenvalue weighted by molar-refractivity contribution is 7.91. The Morgan fingerprint density at radius 2 is 0.769 bits per heavy atom. The van der Waals surface area contributed by atoms with Crippen LogP contribution in [-0.2, 0) is 9.84 Å². The molecule has 0 amide bonds. The lowest BCUT2D eigenvalue weighted by atomic mass is 10.2. The molecule has 220 valence electrons. The molecule has 0 bridgehead atoms. The molecule has 9 heteroatoms. The van der Waals surface area contributed by atoms with Crippen molar-refractivity contribution in [3.8, 4) is 0 Å². The summed E-state index contributed by atoms with van der Waals surface area (Å²) in [5.41, 5.74) is -0.810. The van der Waals surface area contributed by atoms with E-state index in [1.165, 1.54) is 85.6 Å². The smallest absolute Gasteiger partial charge is 0.337 e. The normalized spacial score (nSPS) is 11.5. The van der Waals surface area contributed by atoms with Crippen LogP contribution in [0.4, 0.5) is 0 Å².